The molecule has 0 spiro atoms. The predicted octanol–water partition coefficient (Wildman–Crippen LogP) is 6.09. The molecular formula is C31H27F5N4O4. The summed E-state index contributed by atoms with van der Waals surface area (Å²) in [6.07, 6.45) is -0.846. The van der Waals surface area contributed by atoms with E-state index in [2.05, 4.69) is 10.2 Å². The molecule has 1 atom stereocenters. The molecule has 1 unspecified atom stereocenters. The van der Waals surface area contributed by atoms with E-state index in [1.165, 1.54) is 68.0 Å². The zero-order chi connectivity index (χ0) is 32.3. The van der Waals surface area contributed by atoms with Gasteiger partial charge in [-0.3, -0.25) is 14.2 Å². The number of aliphatic hydroxyl groups excluding tert-OH is 1. The molecule has 0 aliphatic carbocycles. The van der Waals surface area contributed by atoms with Crippen LogP contribution in [0.5, 0.6) is 11.8 Å². The minimum atomic E-state index is -1.31. The van der Waals surface area contributed by atoms with E-state index in [0.29, 0.717) is 17.4 Å². The highest BCUT2D eigenvalue weighted by molar-refractivity contribution is 5.89. The lowest BCUT2D eigenvalue weighted by Gasteiger charge is -2.16. The van der Waals surface area contributed by atoms with Crippen molar-refractivity contribution < 1.29 is 41.3 Å². The number of aldehydes is 1. The zero-order valence-corrected chi connectivity index (χ0v) is 24.2. The van der Waals surface area contributed by atoms with E-state index in [4.69, 9.17) is 9.47 Å². The van der Waals surface area contributed by atoms with Gasteiger partial charge in [0.25, 0.3) is 0 Å². The smallest absolute Gasteiger partial charge is 0.243 e. The molecule has 2 heterocycles. The van der Waals surface area contributed by atoms with Gasteiger partial charge in [0.15, 0.2) is 6.29 Å². The van der Waals surface area contributed by atoms with Crippen LogP contribution in [0.15, 0.2) is 54.6 Å². The molecule has 8 nitrogen and oxygen atoms in total. The van der Waals surface area contributed by atoms with Gasteiger partial charge in [-0.05, 0) is 54.4 Å². The van der Waals surface area contributed by atoms with Crippen molar-refractivity contribution in [2.75, 3.05) is 14.2 Å². The van der Waals surface area contributed by atoms with Gasteiger partial charge in [0.05, 0.1) is 42.3 Å². The van der Waals surface area contributed by atoms with E-state index in [9.17, 15) is 31.9 Å². The highest BCUT2D eigenvalue weighted by Crippen LogP contribution is 2.40. The number of halogens is 5. The highest BCUT2D eigenvalue weighted by atomic mass is 19.1. The van der Waals surface area contributed by atoms with Gasteiger partial charge in [-0.2, -0.15) is 0 Å². The third-order valence-electron chi connectivity index (χ3n) is 6.80. The summed E-state index contributed by atoms with van der Waals surface area (Å²) >= 11 is 0. The second kappa shape index (κ2) is 13.1. The Morgan fingerprint density at radius 3 is 1.73 bits per heavy atom. The van der Waals surface area contributed by atoms with Crippen molar-refractivity contribution >= 4 is 6.29 Å². The Morgan fingerprint density at radius 1 is 0.773 bits per heavy atom. The molecule has 44 heavy (non-hydrogen) atoms. The molecule has 0 saturated heterocycles. The number of ether oxygens (including phenoxy) is 2. The Bertz CT molecular complexity index is 1800. The summed E-state index contributed by atoms with van der Waals surface area (Å²) in [4.78, 5) is 11.0. The van der Waals surface area contributed by atoms with Crippen molar-refractivity contribution in [2.45, 2.75) is 13.0 Å². The molecule has 0 amide bonds. The molecule has 3 aromatic carbocycles. The van der Waals surface area contributed by atoms with E-state index in [-0.39, 0.29) is 45.4 Å². The first-order chi connectivity index (χ1) is 20.9. The maximum atomic E-state index is 14.4. The van der Waals surface area contributed by atoms with Crippen molar-refractivity contribution in [1.29, 1.82) is 0 Å². The van der Waals surface area contributed by atoms with E-state index in [1.54, 1.807) is 6.92 Å². The van der Waals surface area contributed by atoms with E-state index < -0.39 is 35.2 Å². The topological polar surface area (TPSA) is 91.4 Å². The van der Waals surface area contributed by atoms with Crippen LogP contribution in [0, 0.1) is 36.0 Å². The number of nitrogens with zero attached hydrogens (tertiary/aromatic N) is 4. The number of rotatable bonds is 7. The van der Waals surface area contributed by atoms with Gasteiger partial charge in [0.2, 0.25) is 11.8 Å². The Kier molecular flexibility index (Phi) is 9.48. The highest BCUT2D eigenvalue weighted by Gasteiger charge is 2.30. The van der Waals surface area contributed by atoms with Gasteiger partial charge < -0.3 is 14.6 Å². The first kappa shape index (κ1) is 31.9. The minimum Gasteiger partial charge on any atom is -0.480 e. The van der Waals surface area contributed by atoms with Gasteiger partial charge in [-0.15, -0.1) is 10.2 Å². The van der Waals surface area contributed by atoms with Crippen molar-refractivity contribution in [3.63, 3.8) is 0 Å². The summed E-state index contributed by atoms with van der Waals surface area (Å²) in [5.74, 6) is -3.49. The lowest BCUT2D eigenvalue weighted by Crippen LogP contribution is -2.07. The van der Waals surface area contributed by atoms with Crippen LogP contribution in [0.3, 0.4) is 0 Å². The number of carbonyl (C=O) groups excluding carboxylic acids is 1. The van der Waals surface area contributed by atoms with Crippen LogP contribution in [0.2, 0.25) is 0 Å². The summed E-state index contributed by atoms with van der Waals surface area (Å²) in [6.45, 7) is 1.63. The Hall–Kier alpha value is -5.04. The summed E-state index contributed by atoms with van der Waals surface area (Å²) < 4.78 is 82.1. The average molecular weight is 615 g/mol. The van der Waals surface area contributed by atoms with E-state index in [0.717, 1.165) is 24.3 Å². The third-order valence-corrected chi connectivity index (χ3v) is 6.80. The van der Waals surface area contributed by atoms with Crippen molar-refractivity contribution in [2.24, 2.45) is 14.1 Å². The normalized spacial score (nSPS) is 11.5. The maximum Gasteiger partial charge on any atom is 0.243 e. The van der Waals surface area contributed by atoms with Crippen molar-refractivity contribution in [1.82, 2.24) is 19.6 Å². The van der Waals surface area contributed by atoms with E-state index in [1.807, 2.05) is 0 Å². The number of methoxy groups -OCH3 is 2. The maximum absolute atomic E-state index is 14.4. The molecular weight excluding hydrogens is 587 g/mol. The molecule has 0 bridgehead atoms. The number of aliphatic hydroxyl groups is 1. The molecule has 0 aliphatic rings. The van der Waals surface area contributed by atoms with Crippen LogP contribution < -0.4 is 9.47 Å². The molecule has 13 heteroatoms. The van der Waals surface area contributed by atoms with Gasteiger partial charge in [-0.25, -0.2) is 22.0 Å². The monoisotopic (exact) mass is 614 g/mol. The van der Waals surface area contributed by atoms with E-state index >= 15 is 0 Å². The average Bonchev–Trinajstić information content (AvgIpc) is 3.48. The summed E-state index contributed by atoms with van der Waals surface area (Å²) in [5.41, 5.74) is 0.486. The lowest BCUT2D eigenvalue weighted by molar-refractivity contribution is 0.112. The molecule has 0 fully saturated rings. The summed E-state index contributed by atoms with van der Waals surface area (Å²) in [6, 6.07) is 10.9. The molecule has 1 N–H and O–H groups in total. The van der Waals surface area contributed by atoms with Gasteiger partial charge in [-0.1, -0.05) is 18.2 Å². The molecule has 0 aliphatic heterocycles. The molecule has 0 radical (unpaired) electrons. The predicted molar refractivity (Wildman–Crippen MR) is 151 cm³/mol. The third kappa shape index (κ3) is 5.91. The largest absolute Gasteiger partial charge is 0.480 e. The number of benzene rings is 3. The number of carbonyl (C=O) groups is 1. The second-order valence-corrected chi connectivity index (χ2v) is 9.50. The first-order valence-electron chi connectivity index (χ1n) is 12.9. The first-order valence-corrected chi connectivity index (χ1v) is 12.9. The molecule has 230 valence electrons. The molecule has 2 aromatic heterocycles. The van der Waals surface area contributed by atoms with Crippen LogP contribution in [0.4, 0.5) is 22.0 Å². The Labute approximate surface area is 248 Å². The number of hydrogen-bond acceptors (Lipinski definition) is 6. The van der Waals surface area contributed by atoms with Crippen LogP contribution >= 0.6 is 0 Å². The fourth-order valence-electron chi connectivity index (χ4n) is 4.83. The second-order valence-electron chi connectivity index (χ2n) is 9.50. The molecule has 5 aromatic rings. The Morgan fingerprint density at radius 2 is 1.25 bits per heavy atom. The van der Waals surface area contributed by atoms with Gasteiger partial charge in [0.1, 0.15) is 40.8 Å². The number of hydrogen-bond donors (Lipinski definition) is 1. The van der Waals surface area contributed by atoms with Crippen LogP contribution in [-0.2, 0) is 14.1 Å². The fraction of sp³-hybridized carbons (Fsp3) is 0.194. The minimum absolute atomic E-state index is 0.0176. The SMILES string of the molecule is COc1nn(C)c(-c2c(F)cccc2F)c1C(O)c1ccc(F)cc1C.COc1nn(C)c(-c2c(F)cccc2F)c1C=O. The van der Waals surface area contributed by atoms with Crippen LogP contribution in [0.1, 0.15) is 33.2 Å². The van der Waals surface area contributed by atoms with Crippen LogP contribution in [0.25, 0.3) is 22.5 Å². The van der Waals surface area contributed by atoms with Crippen LogP contribution in [-0.4, -0.2) is 45.2 Å². The summed E-state index contributed by atoms with van der Waals surface area (Å²) in [7, 11) is 5.66. The number of aryl methyl sites for hydroxylation is 3. The standard InChI is InChI=1S/C19H17F3N2O2.C12H10F2N2O2/c1-10-9-11(20)7-8-12(10)18(25)16-17(24(2)23-19(16)26-3)15-13(21)5-4-6-14(15)22;1-16-11(7(6-17)12(15-16)18-2)10-8(13)4-3-5-9(10)14/h4-9,18,25H,1-3H3;3-6H,1-2H3. The van der Waals surface area contributed by atoms with Crippen molar-refractivity contribution in [3.8, 4) is 34.3 Å². The Balaban J connectivity index is 0.000000215. The zero-order valence-electron chi connectivity index (χ0n) is 24.2. The molecule has 0 saturated carbocycles. The van der Waals surface area contributed by atoms with Gasteiger partial charge in [0, 0.05) is 14.1 Å². The fourth-order valence-corrected chi connectivity index (χ4v) is 4.83. The van der Waals surface area contributed by atoms with Crippen molar-refractivity contribution in [3.05, 3.63) is 106 Å². The number of aromatic nitrogens is 4. The van der Waals surface area contributed by atoms with Gasteiger partial charge >= 0.3 is 0 Å². The quantitative estimate of drug-likeness (QED) is 0.176. The molecule has 5 rings (SSSR count). The summed E-state index contributed by atoms with van der Waals surface area (Å²) in [5, 5.41) is 18.9. The lowest BCUT2D eigenvalue weighted by atomic mass is 9.94.